The molecule has 0 N–H and O–H groups in total. The van der Waals surface area contributed by atoms with Crippen LogP contribution in [-0.4, -0.2) is 18.9 Å². The van der Waals surface area contributed by atoms with E-state index in [1.54, 1.807) is 54.6 Å². The number of nitriles is 1. The van der Waals surface area contributed by atoms with Crippen molar-refractivity contribution >= 4 is 17.8 Å². The van der Waals surface area contributed by atoms with Crippen LogP contribution in [0.3, 0.4) is 0 Å². The molecule has 22 heavy (non-hydrogen) atoms. The number of methoxy groups -OCH3 is 1. The molecule has 0 saturated carbocycles. The van der Waals surface area contributed by atoms with Crippen molar-refractivity contribution in [3.05, 3.63) is 76.9 Å². The first-order valence-corrected chi connectivity index (χ1v) is 6.55. The van der Waals surface area contributed by atoms with Crippen LogP contribution in [0.5, 0.6) is 0 Å². The summed E-state index contributed by atoms with van der Waals surface area (Å²) in [7, 11) is 1.31. The van der Waals surface area contributed by atoms with E-state index in [9.17, 15) is 14.9 Å². The summed E-state index contributed by atoms with van der Waals surface area (Å²) in [5, 5.41) is 9.19. The van der Waals surface area contributed by atoms with Gasteiger partial charge in [0, 0.05) is 5.56 Å². The lowest BCUT2D eigenvalue weighted by atomic mass is 10.0. The van der Waals surface area contributed by atoms with Gasteiger partial charge in [0.2, 0.25) is 5.78 Å². The maximum atomic E-state index is 12.2. The van der Waals surface area contributed by atoms with Crippen LogP contribution in [0.2, 0.25) is 0 Å². The Hall–Kier alpha value is -3.19. The zero-order valence-electron chi connectivity index (χ0n) is 11.9. The number of ketones is 1. The molecule has 108 valence electrons. The van der Waals surface area contributed by atoms with Crippen LogP contribution in [0.15, 0.2) is 60.2 Å². The second kappa shape index (κ2) is 7.00. The third kappa shape index (κ3) is 3.47. The van der Waals surface area contributed by atoms with Gasteiger partial charge in [-0.25, -0.2) is 4.79 Å². The first-order chi connectivity index (χ1) is 10.7. The van der Waals surface area contributed by atoms with Crippen molar-refractivity contribution in [1.82, 2.24) is 0 Å². The number of carbonyl (C=O) groups is 2. The lowest BCUT2D eigenvalue weighted by molar-refractivity contribution is 0.0600. The number of hydrogen-bond acceptors (Lipinski definition) is 4. The Labute approximate surface area is 128 Å². The lowest BCUT2D eigenvalue weighted by Gasteiger charge is -2.01. The van der Waals surface area contributed by atoms with Crippen molar-refractivity contribution in [1.29, 1.82) is 5.26 Å². The van der Waals surface area contributed by atoms with Gasteiger partial charge in [-0.15, -0.1) is 0 Å². The molecule has 2 aromatic carbocycles. The number of hydrogen-bond donors (Lipinski definition) is 0. The van der Waals surface area contributed by atoms with Gasteiger partial charge in [-0.2, -0.15) is 5.26 Å². The standard InChI is InChI=1S/C18H13NO3/c1-22-18(21)15-9-7-13(8-10-15)11-16(12-19)17(20)14-5-3-2-4-6-14/h2-11H,1H3. The Morgan fingerprint density at radius 3 is 2.18 bits per heavy atom. The van der Waals surface area contributed by atoms with Crippen LogP contribution >= 0.6 is 0 Å². The zero-order chi connectivity index (χ0) is 15.9. The summed E-state index contributed by atoms with van der Waals surface area (Å²) in [6.45, 7) is 0. The van der Waals surface area contributed by atoms with Crippen molar-refractivity contribution in [3.63, 3.8) is 0 Å². The minimum absolute atomic E-state index is 0.0389. The van der Waals surface area contributed by atoms with Gasteiger partial charge in [-0.3, -0.25) is 4.79 Å². The molecule has 2 rings (SSSR count). The minimum Gasteiger partial charge on any atom is -0.465 e. The Morgan fingerprint density at radius 2 is 1.64 bits per heavy atom. The predicted molar refractivity (Wildman–Crippen MR) is 82.1 cm³/mol. The van der Waals surface area contributed by atoms with E-state index in [1.807, 2.05) is 6.07 Å². The number of nitrogens with zero attached hydrogens (tertiary/aromatic N) is 1. The van der Waals surface area contributed by atoms with E-state index < -0.39 is 5.97 Å². The second-order valence-electron chi connectivity index (χ2n) is 4.48. The molecule has 0 amide bonds. The summed E-state index contributed by atoms with van der Waals surface area (Å²) in [6.07, 6.45) is 1.50. The summed E-state index contributed by atoms with van der Waals surface area (Å²) < 4.78 is 4.61. The van der Waals surface area contributed by atoms with Crippen molar-refractivity contribution in [2.75, 3.05) is 7.11 Å². The highest BCUT2D eigenvalue weighted by molar-refractivity contribution is 6.14. The molecule has 2 aromatic rings. The topological polar surface area (TPSA) is 67.2 Å². The molecule has 0 aliphatic rings. The summed E-state index contributed by atoms with van der Waals surface area (Å²) in [5.41, 5.74) is 1.57. The maximum absolute atomic E-state index is 12.2. The molecule has 0 aliphatic carbocycles. The van der Waals surface area contributed by atoms with E-state index in [2.05, 4.69) is 4.74 Å². The first kappa shape index (κ1) is 15.2. The molecule has 0 fully saturated rings. The normalized spacial score (nSPS) is 10.6. The predicted octanol–water partition coefficient (Wildman–Crippen LogP) is 3.26. The second-order valence-corrected chi connectivity index (χ2v) is 4.48. The van der Waals surface area contributed by atoms with Gasteiger partial charge in [0.25, 0.3) is 0 Å². The highest BCUT2D eigenvalue weighted by Crippen LogP contribution is 2.13. The van der Waals surface area contributed by atoms with E-state index in [-0.39, 0.29) is 11.4 Å². The molecule has 0 bridgehead atoms. The van der Waals surface area contributed by atoms with Crippen molar-refractivity contribution < 1.29 is 14.3 Å². The Bertz CT molecular complexity index is 753. The van der Waals surface area contributed by atoms with E-state index in [1.165, 1.54) is 13.2 Å². The Kier molecular flexibility index (Phi) is 4.84. The van der Waals surface area contributed by atoms with Crippen LogP contribution in [0.1, 0.15) is 26.3 Å². The van der Waals surface area contributed by atoms with Crippen LogP contribution in [0.25, 0.3) is 6.08 Å². The molecule has 0 heterocycles. The minimum atomic E-state index is -0.434. The van der Waals surface area contributed by atoms with E-state index in [4.69, 9.17) is 0 Å². The monoisotopic (exact) mass is 291 g/mol. The fourth-order valence-corrected chi connectivity index (χ4v) is 1.89. The molecule has 0 aliphatic heterocycles. The van der Waals surface area contributed by atoms with E-state index in [0.29, 0.717) is 16.7 Å². The van der Waals surface area contributed by atoms with E-state index >= 15 is 0 Å². The Morgan fingerprint density at radius 1 is 1.00 bits per heavy atom. The van der Waals surface area contributed by atoms with E-state index in [0.717, 1.165) is 0 Å². The van der Waals surface area contributed by atoms with Crippen LogP contribution in [0.4, 0.5) is 0 Å². The van der Waals surface area contributed by atoms with Gasteiger partial charge in [0.05, 0.1) is 12.7 Å². The SMILES string of the molecule is COC(=O)c1ccc(C=C(C#N)C(=O)c2ccccc2)cc1. The molecule has 0 aromatic heterocycles. The molecular weight excluding hydrogens is 278 g/mol. The fourth-order valence-electron chi connectivity index (χ4n) is 1.89. The molecule has 0 saturated heterocycles. The summed E-state index contributed by atoms with van der Waals surface area (Å²) >= 11 is 0. The third-order valence-corrected chi connectivity index (χ3v) is 3.04. The largest absolute Gasteiger partial charge is 0.465 e. The summed E-state index contributed by atoms with van der Waals surface area (Å²) in [6, 6.07) is 17.0. The van der Waals surface area contributed by atoms with Gasteiger partial charge in [-0.1, -0.05) is 42.5 Å². The van der Waals surface area contributed by atoms with Gasteiger partial charge in [0.1, 0.15) is 11.6 Å². The molecule has 0 atom stereocenters. The van der Waals surface area contributed by atoms with Crippen LogP contribution < -0.4 is 0 Å². The summed E-state index contributed by atoms with van der Waals surface area (Å²) in [4.78, 5) is 23.6. The molecule has 0 unspecified atom stereocenters. The van der Waals surface area contributed by atoms with Crippen molar-refractivity contribution in [3.8, 4) is 6.07 Å². The maximum Gasteiger partial charge on any atom is 0.337 e. The highest BCUT2D eigenvalue weighted by atomic mass is 16.5. The number of rotatable bonds is 4. The number of ether oxygens (including phenoxy) is 1. The zero-order valence-corrected chi connectivity index (χ0v) is 11.9. The van der Waals surface area contributed by atoms with Gasteiger partial charge in [0.15, 0.2) is 0 Å². The molecule has 4 nitrogen and oxygen atoms in total. The smallest absolute Gasteiger partial charge is 0.337 e. The number of esters is 1. The van der Waals surface area contributed by atoms with Crippen molar-refractivity contribution in [2.24, 2.45) is 0 Å². The van der Waals surface area contributed by atoms with Crippen LogP contribution in [-0.2, 0) is 4.74 Å². The third-order valence-electron chi connectivity index (χ3n) is 3.04. The lowest BCUT2D eigenvalue weighted by Crippen LogP contribution is -2.02. The average Bonchev–Trinajstić information content (AvgIpc) is 2.59. The molecular formula is C18H13NO3. The quantitative estimate of drug-likeness (QED) is 0.375. The van der Waals surface area contributed by atoms with Gasteiger partial charge in [-0.05, 0) is 23.8 Å². The number of Topliss-reactive ketones (excluding diaryl/α,β-unsaturated/α-hetero) is 1. The fraction of sp³-hybridized carbons (Fsp3) is 0.0556. The van der Waals surface area contributed by atoms with Gasteiger partial charge < -0.3 is 4.74 Å². The molecule has 0 spiro atoms. The number of allylic oxidation sites excluding steroid dienone is 1. The number of carbonyl (C=O) groups excluding carboxylic acids is 2. The van der Waals surface area contributed by atoms with Crippen LogP contribution in [0, 0.1) is 11.3 Å². The first-order valence-electron chi connectivity index (χ1n) is 6.55. The molecule has 0 radical (unpaired) electrons. The van der Waals surface area contributed by atoms with Crippen molar-refractivity contribution in [2.45, 2.75) is 0 Å². The highest BCUT2D eigenvalue weighted by Gasteiger charge is 2.11. The number of benzene rings is 2. The molecule has 4 heteroatoms. The summed E-state index contributed by atoms with van der Waals surface area (Å²) in [5.74, 6) is -0.767. The average molecular weight is 291 g/mol. The van der Waals surface area contributed by atoms with Gasteiger partial charge >= 0.3 is 5.97 Å². The Balaban J connectivity index is 2.28.